The molecule has 26 heavy (non-hydrogen) atoms. The molecule has 0 spiro atoms. The molecule has 2 N–H and O–H groups in total. The number of amides is 1. The van der Waals surface area contributed by atoms with E-state index < -0.39 is 0 Å². The molecule has 3 aromatic carbocycles. The van der Waals surface area contributed by atoms with Crippen LogP contribution in [-0.2, 0) is 11.3 Å². The van der Waals surface area contributed by atoms with Gasteiger partial charge in [0.05, 0.1) is 13.2 Å². The van der Waals surface area contributed by atoms with Gasteiger partial charge in [-0.1, -0.05) is 42.5 Å². The molecule has 3 aromatic rings. The third kappa shape index (κ3) is 3.93. The number of benzene rings is 3. The molecule has 0 aliphatic carbocycles. The van der Waals surface area contributed by atoms with Crippen LogP contribution >= 0.6 is 0 Å². The number of carbonyl (C=O) groups excluding carboxylic acids is 1. The number of morpholine rings is 1. The van der Waals surface area contributed by atoms with Gasteiger partial charge in [-0.3, -0.25) is 4.79 Å². The van der Waals surface area contributed by atoms with Crippen LogP contribution in [0.2, 0.25) is 0 Å². The normalized spacial score (nSPS) is 15.1. The van der Waals surface area contributed by atoms with Gasteiger partial charge in [-0.15, -0.1) is 0 Å². The molecule has 0 bridgehead atoms. The van der Waals surface area contributed by atoms with E-state index in [1.165, 1.54) is 5.56 Å². The van der Waals surface area contributed by atoms with E-state index in [1.807, 2.05) is 54.6 Å². The zero-order valence-electron chi connectivity index (χ0n) is 14.7. The first-order valence-corrected chi connectivity index (χ1v) is 9.08. The van der Waals surface area contributed by atoms with Crippen LogP contribution in [-0.4, -0.2) is 32.2 Å². The van der Waals surface area contributed by atoms with Crippen molar-refractivity contribution in [2.75, 3.05) is 31.6 Å². The van der Waals surface area contributed by atoms with Gasteiger partial charge in [0.1, 0.15) is 19.6 Å². The van der Waals surface area contributed by atoms with E-state index >= 15 is 0 Å². The van der Waals surface area contributed by atoms with Crippen molar-refractivity contribution in [2.24, 2.45) is 0 Å². The number of quaternary nitrogens is 1. The summed E-state index contributed by atoms with van der Waals surface area (Å²) in [5, 5.41) is 5.20. The molecule has 0 aromatic heterocycles. The topological polar surface area (TPSA) is 42.8 Å². The molecule has 0 saturated carbocycles. The lowest BCUT2D eigenvalue weighted by molar-refractivity contribution is -0.921. The highest BCUT2D eigenvalue weighted by Crippen LogP contribution is 2.17. The molecule has 4 nitrogen and oxygen atoms in total. The Hall–Kier alpha value is -2.69. The maximum Gasteiger partial charge on any atom is 0.255 e. The van der Waals surface area contributed by atoms with Crippen molar-refractivity contribution in [3.63, 3.8) is 0 Å². The number of fused-ring (bicyclic) bond motifs is 1. The van der Waals surface area contributed by atoms with Crippen molar-refractivity contribution < 1.29 is 14.4 Å². The number of rotatable bonds is 4. The van der Waals surface area contributed by atoms with Gasteiger partial charge in [0.2, 0.25) is 0 Å². The van der Waals surface area contributed by atoms with Crippen molar-refractivity contribution in [3.8, 4) is 0 Å². The van der Waals surface area contributed by atoms with E-state index in [4.69, 9.17) is 4.74 Å². The first-order chi connectivity index (χ1) is 12.8. The molecular weight excluding hydrogens is 324 g/mol. The predicted octanol–water partition coefficient (Wildman–Crippen LogP) is 2.51. The van der Waals surface area contributed by atoms with Crippen molar-refractivity contribution in [2.45, 2.75) is 6.54 Å². The number of nitrogens with one attached hydrogen (secondary N) is 2. The Balaban J connectivity index is 1.41. The van der Waals surface area contributed by atoms with Crippen LogP contribution in [0.3, 0.4) is 0 Å². The number of ether oxygens (including phenoxy) is 1. The van der Waals surface area contributed by atoms with Crippen molar-refractivity contribution >= 4 is 22.4 Å². The summed E-state index contributed by atoms with van der Waals surface area (Å²) in [5.41, 5.74) is 2.78. The Morgan fingerprint density at radius 1 is 0.923 bits per heavy atom. The number of hydrogen-bond donors (Lipinski definition) is 2. The number of anilines is 1. The Morgan fingerprint density at radius 2 is 1.65 bits per heavy atom. The smallest absolute Gasteiger partial charge is 0.255 e. The van der Waals surface area contributed by atoms with Crippen molar-refractivity contribution in [1.82, 2.24) is 0 Å². The molecule has 1 aliphatic rings. The van der Waals surface area contributed by atoms with Gasteiger partial charge >= 0.3 is 0 Å². The van der Waals surface area contributed by atoms with Crippen molar-refractivity contribution in [1.29, 1.82) is 0 Å². The van der Waals surface area contributed by atoms with Gasteiger partial charge in [0, 0.05) is 16.8 Å². The molecule has 4 heteroatoms. The first kappa shape index (κ1) is 16.8. The highest BCUT2D eigenvalue weighted by Gasteiger charge is 2.14. The summed E-state index contributed by atoms with van der Waals surface area (Å²) in [6.07, 6.45) is 0. The summed E-state index contributed by atoms with van der Waals surface area (Å²) < 4.78 is 5.40. The SMILES string of the molecule is O=C(Nc1ccc(C[NH+]2CCOCC2)cc1)c1ccc2ccccc2c1. The standard InChI is InChI=1S/C22H22N2O2/c25-22(20-8-7-18-3-1-2-4-19(18)15-20)23-21-9-5-17(6-10-21)16-24-11-13-26-14-12-24/h1-10,15H,11-14,16H2,(H,23,25)/p+1. The van der Waals surface area contributed by atoms with E-state index in [-0.39, 0.29) is 5.91 Å². The van der Waals surface area contributed by atoms with Gasteiger partial charge in [-0.05, 0) is 35.0 Å². The minimum absolute atomic E-state index is 0.0812. The maximum atomic E-state index is 12.5. The molecule has 0 unspecified atom stereocenters. The van der Waals surface area contributed by atoms with Crippen LogP contribution in [0.15, 0.2) is 66.7 Å². The van der Waals surface area contributed by atoms with E-state index in [0.29, 0.717) is 5.56 Å². The quantitative estimate of drug-likeness (QED) is 0.762. The van der Waals surface area contributed by atoms with Gasteiger partial charge in [-0.25, -0.2) is 0 Å². The van der Waals surface area contributed by atoms with E-state index in [0.717, 1.165) is 49.3 Å². The average Bonchev–Trinajstić information content (AvgIpc) is 2.70. The highest BCUT2D eigenvalue weighted by molar-refractivity contribution is 6.06. The highest BCUT2D eigenvalue weighted by atomic mass is 16.5. The molecule has 1 saturated heterocycles. The predicted molar refractivity (Wildman–Crippen MR) is 104 cm³/mol. The Kier molecular flexibility index (Phi) is 4.95. The molecular formula is C22H23N2O2+. The summed E-state index contributed by atoms with van der Waals surface area (Å²) in [6.45, 7) is 4.80. The minimum atomic E-state index is -0.0812. The maximum absolute atomic E-state index is 12.5. The van der Waals surface area contributed by atoms with E-state index in [2.05, 4.69) is 17.4 Å². The monoisotopic (exact) mass is 347 g/mol. The van der Waals surface area contributed by atoms with Gasteiger partial charge < -0.3 is 15.0 Å². The molecule has 4 rings (SSSR count). The lowest BCUT2D eigenvalue weighted by Crippen LogP contribution is -3.12. The second-order valence-electron chi connectivity index (χ2n) is 6.75. The Morgan fingerprint density at radius 3 is 2.42 bits per heavy atom. The average molecular weight is 347 g/mol. The van der Waals surface area contributed by atoms with Crippen LogP contribution in [0, 0.1) is 0 Å². The molecule has 0 radical (unpaired) electrons. The second-order valence-corrected chi connectivity index (χ2v) is 6.75. The van der Waals surface area contributed by atoms with Gasteiger partial charge in [0.25, 0.3) is 5.91 Å². The second kappa shape index (κ2) is 7.68. The van der Waals surface area contributed by atoms with E-state index in [9.17, 15) is 4.79 Å². The lowest BCUT2D eigenvalue weighted by atomic mass is 10.1. The lowest BCUT2D eigenvalue weighted by Gasteiger charge is -2.23. The van der Waals surface area contributed by atoms with Crippen molar-refractivity contribution in [3.05, 3.63) is 77.9 Å². The van der Waals surface area contributed by atoms with Crippen LogP contribution in [0.4, 0.5) is 5.69 Å². The molecule has 1 fully saturated rings. The largest absolute Gasteiger partial charge is 0.370 e. The summed E-state index contributed by atoms with van der Waals surface area (Å²) in [4.78, 5) is 14.1. The third-order valence-corrected chi connectivity index (χ3v) is 4.88. The summed E-state index contributed by atoms with van der Waals surface area (Å²) in [6, 6.07) is 22.0. The zero-order chi connectivity index (χ0) is 17.8. The fraction of sp³-hybridized carbons (Fsp3) is 0.227. The minimum Gasteiger partial charge on any atom is -0.370 e. The van der Waals surface area contributed by atoms with Crippen LogP contribution in [0.1, 0.15) is 15.9 Å². The molecule has 132 valence electrons. The number of carbonyl (C=O) groups is 1. The summed E-state index contributed by atoms with van der Waals surface area (Å²) in [7, 11) is 0. The Bertz CT molecular complexity index is 899. The van der Waals surface area contributed by atoms with Crippen LogP contribution in [0.25, 0.3) is 10.8 Å². The first-order valence-electron chi connectivity index (χ1n) is 9.08. The van der Waals surface area contributed by atoms with Crippen LogP contribution in [0.5, 0.6) is 0 Å². The molecule has 0 atom stereocenters. The zero-order valence-corrected chi connectivity index (χ0v) is 14.7. The summed E-state index contributed by atoms with van der Waals surface area (Å²) >= 11 is 0. The molecule has 1 aliphatic heterocycles. The molecule has 1 amide bonds. The summed E-state index contributed by atoms with van der Waals surface area (Å²) in [5.74, 6) is -0.0812. The van der Waals surface area contributed by atoms with Gasteiger partial charge in [-0.2, -0.15) is 0 Å². The number of hydrogen-bond acceptors (Lipinski definition) is 2. The molecule has 1 heterocycles. The van der Waals surface area contributed by atoms with E-state index in [1.54, 1.807) is 4.90 Å². The fourth-order valence-corrected chi connectivity index (χ4v) is 3.37. The Labute approximate surface area is 153 Å². The third-order valence-electron chi connectivity index (χ3n) is 4.88. The van der Waals surface area contributed by atoms with Crippen LogP contribution < -0.4 is 10.2 Å². The fourth-order valence-electron chi connectivity index (χ4n) is 3.37. The van der Waals surface area contributed by atoms with Gasteiger partial charge in [0.15, 0.2) is 0 Å².